The lowest BCUT2D eigenvalue weighted by molar-refractivity contribution is 0.0187. The lowest BCUT2D eigenvalue weighted by atomic mass is 9.65. The fraction of sp³-hybridized carbons (Fsp3) is 0.688. The van der Waals surface area contributed by atoms with E-state index in [1.165, 1.54) is 0 Å². The van der Waals surface area contributed by atoms with E-state index in [1.54, 1.807) is 9.58 Å². The summed E-state index contributed by atoms with van der Waals surface area (Å²) in [6.45, 7) is 6.98. The standard InChI is InChI=1S/C16H24BrN5O3/c1-15(2,3)25-14(24)21-5-4-16(8-21)6-9(7-16)22-12(18)10(13(19)23)11(17)20-22/h9H,4-8,18H2,1-3H3,(H2,19,23). The van der Waals surface area contributed by atoms with Gasteiger partial charge in [0.2, 0.25) is 0 Å². The molecule has 8 nitrogen and oxygen atoms in total. The number of hydrogen-bond donors (Lipinski definition) is 2. The first-order valence-electron chi connectivity index (χ1n) is 8.33. The maximum Gasteiger partial charge on any atom is 0.410 e. The molecule has 1 aliphatic carbocycles. The highest BCUT2D eigenvalue weighted by atomic mass is 79.9. The Morgan fingerprint density at radius 3 is 2.52 bits per heavy atom. The van der Waals surface area contributed by atoms with E-state index in [-0.39, 0.29) is 23.1 Å². The van der Waals surface area contributed by atoms with Crippen LogP contribution in [0.1, 0.15) is 56.4 Å². The number of rotatable bonds is 2. The molecule has 25 heavy (non-hydrogen) atoms. The Hall–Kier alpha value is -1.77. The van der Waals surface area contributed by atoms with Crippen LogP contribution in [0.15, 0.2) is 4.60 Å². The number of hydrogen-bond acceptors (Lipinski definition) is 5. The van der Waals surface area contributed by atoms with Gasteiger partial charge in [-0.2, -0.15) is 5.10 Å². The molecule has 0 bridgehead atoms. The number of nitrogens with two attached hydrogens (primary N) is 2. The van der Waals surface area contributed by atoms with Crippen LogP contribution in [-0.4, -0.2) is 45.4 Å². The molecule has 138 valence electrons. The number of likely N-dealkylation sites (tertiary alicyclic amines) is 1. The van der Waals surface area contributed by atoms with Gasteiger partial charge < -0.3 is 21.1 Å². The van der Waals surface area contributed by atoms with Crippen molar-refractivity contribution in [3.8, 4) is 0 Å². The molecule has 0 atom stereocenters. The molecule has 0 radical (unpaired) electrons. The molecule has 1 aromatic heterocycles. The fourth-order valence-corrected chi connectivity index (χ4v) is 4.36. The van der Waals surface area contributed by atoms with Gasteiger partial charge in [-0.15, -0.1) is 0 Å². The summed E-state index contributed by atoms with van der Waals surface area (Å²) in [5, 5.41) is 4.31. The van der Waals surface area contributed by atoms with E-state index in [4.69, 9.17) is 16.2 Å². The summed E-state index contributed by atoms with van der Waals surface area (Å²) in [4.78, 5) is 25.5. The minimum Gasteiger partial charge on any atom is -0.444 e. The number of carbonyl (C=O) groups is 2. The zero-order valence-corrected chi connectivity index (χ0v) is 16.3. The van der Waals surface area contributed by atoms with E-state index in [0.717, 1.165) is 19.3 Å². The lowest BCUT2D eigenvalue weighted by Gasteiger charge is -2.45. The molecule has 2 amide bonds. The predicted octanol–water partition coefficient (Wildman–Crippen LogP) is 2.29. The summed E-state index contributed by atoms with van der Waals surface area (Å²) >= 11 is 3.24. The quantitative estimate of drug-likeness (QED) is 0.770. The predicted molar refractivity (Wildman–Crippen MR) is 96.0 cm³/mol. The van der Waals surface area contributed by atoms with Gasteiger partial charge in [0.25, 0.3) is 5.91 Å². The largest absolute Gasteiger partial charge is 0.444 e. The minimum atomic E-state index is -0.596. The maximum absolute atomic E-state index is 12.2. The maximum atomic E-state index is 12.2. The summed E-state index contributed by atoms with van der Waals surface area (Å²) in [5.41, 5.74) is 11.2. The van der Waals surface area contributed by atoms with Crippen molar-refractivity contribution in [2.24, 2.45) is 11.1 Å². The van der Waals surface area contributed by atoms with Gasteiger partial charge >= 0.3 is 6.09 Å². The molecule has 0 unspecified atom stereocenters. The number of amides is 2. The number of nitrogens with zero attached hydrogens (tertiary/aromatic N) is 3. The van der Waals surface area contributed by atoms with E-state index in [9.17, 15) is 9.59 Å². The molecule has 1 saturated carbocycles. The molecule has 1 saturated heterocycles. The van der Waals surface area contributed by atoms with Crippen molar-refractivity contribution in [1.29, 1.82) is 0 Å². The highest BCUT2D eigenvalue weighted by molar-refractivity contribution is 9.10. The van der Waals surface area contributed by atoms with Crippen LogP contribution in [0.4, 0.5) is 10.6 Å². The third kappa shape index (κ3) is 3.33. The lowest BCUT2D eigenvalue weighted by Crippen LogP contribution is -2.43. The zero-order chi connectivity index (χ0) is 18.6. The van der Waals surface area contributed by atoms with Crippen LogP contribution in [0.5, 0.6) is 0 Å². The second kappa shape index (κ2) is 5.89. The third-order valence-electron chi connectivity index (χ3n) is 4.92. The Kier molecular flexibility index (Phi) is 4.25. The Balaban J connectivity index is 1.64. The van der Waals surface area contributed by atoms with Crippen LogP contribution in [-0.2, 0) is 4.74 Å². The number of primary amides is 1. The number of anilines is 1. The average Bonchev–Trinajstić information content (AvgIpc) is 2.97. The van der Waals surface area contributed by atoms with Gasteiger partial charge in [-0.3, -0.25) is 4.79 Å². The minimum absolute atomic E-state index is 0.0827. The van der Waals surface area contributed by atoms with Gasteiger partial charge in [-0.1, -0.05) is 0 Å². The van der Waals surface area contributed by atoms with Gasteiger partial charge in [0.15, 0.2) is 0 Å². The summed E-state index contributed by atoms with van der Waals surface area (Å²) in [6, 6.07) is 0.114. The van der Waals surface area contributed by atoms with Crippen molar-refractivity contribution in [3.05, 3.63) is 10.2 Å². The van der Waals surface area contributed by atoms with Crippen molar-refractivity contribution < 1.29 is 14.3 Å². The first-order valence-corrected chi connectivity index (χ1v) is 9.12. The van der Waals surface area contributed by atoms with E-state index in [0.29, 0.717) is 23.5 Å². The van der Waals surface area contributed by atoms with Gasteiger partial charge in [-0.05, 0) is 61.4 Å². The summed E-state index contributed by atoms with van der Waals surface area (Å²) in [7, 11) is 0. The molecule has 1 aliphatic heterocycles. The van der Waals surface area contributed by atoms with Crippen LogP contribution in [0.3, 0.4) is 0 Å². The molecular weight excluding hydrogens is 390 g/mol. The molecule has 3 rings (SSSR count). The van der Waals surface area contributed by atoms with Crippen molar-refractivity contribution in [1.82, 2.24) is 14.7 Å². The molecule has 2 fully saturated rings. The van der Waals surface area contributed by atoms with Crippen molar-refractivity contribution in [3.63, 3.8) is 0 Å². The second-order valence-electron chi connectivity index (χ2n) is 8.07. The highest BCUT2D eigenvalue weighted by Gasteiger charge is 2.51. The van der Waals surface area contributed by atoms with Crippen molar-refractivity contribution in [2.45, 2.75) is 51.7 Å². The Morgan fingerprint density at radius 1 is 1.36 bits per heavy atom. The monoisotopic (exact) mass is 413 g/mol. The highest BCUT2D eigenvalue weighted by Crippen LogP contribution is 2.54. The SMILES string of the molecule is CC(C)(C)OC(=O)N1CCC2(CC(n3nc(Br)c(C(N)=O)c3N)C2)C1. The van der Waals surface area contributed by atoms with Crippen LogP contribution in [0.25, 0.3) is 0 Å². The normalized spacial score (nSPS) is 25.9. The van der Waals surface area contributed by atoms with Gasteiger partial charge in [0, 0.05) is 13.1 Å². The Morgan fingerprint density at radius 2 is 2.00 bits per heavy atom. The van der Waals surface area contributed by atoms with Crippen LogP contribution >= 0.6 is 15.9 Å². The molecule has 4 N–H and O–H groups in total. The molecule has 0 aromatic carbocycles. The van der Waals surface area contributed by atoms with E-state index in [1.807, 2.05) is 20.8 Å². The van der Waals surface area contributed by atoms with Crippen molar-refractivity contribution >= 4 is 33.7 Å². The van der Waals surface area contributed by atoms with Crippen LogP contribution in [0.2, 0.25) is 0 Å². The number of carbonyl (C=O) groups excluding carboxylic acids is 2. The first-order chi connectivity index (χ1) is 11.5. The fourth-order valence-electron chi connectivity index (χ4n) is 3.79. The first kappa shape index (κ1) is 18.0. The molecular formula is C16H24BrN5O3. The molecule has 1 aromatic rings. The van der Waals surface area contributed by atoms with Crippen LogP contribution < -0.4 is 11.5 Å². The molecule has 9 heteroatoms. The Labute approximate surface area is 155 Å². The smallest absolute Gasteiger partial charge is 0.410 e. The van der Waals surface area contributed by atoms with Gasteiger partial charge in [0.05, 0.1) is 6.04 Å². The molecule has 2 heterocycles. The number of ether oxygens (including phenoxy) is 1. The van der Waals surface area contributed by atoms with E-state index >= 15 is 0 Å². The number of halogens is 1. The van der Waals surface area contributed by atoms with Crippen LogP contribution in [0, 0.1) is 5.41 Å². The second-order valence-corrected chi connectivity index (χ2v) is 8.82. The summed E-state index contributed by atoms with van der Waals surface area (Å²) < 4.78 is 7.50. The Bertz CT molecular complexity index is 718. The van der Waals surface area contributed by atoms with E-state index in [2.05, 4.69) is 21.0 Å². The summed E-state index contributed by atoms with van der Waals surface area (Å²) in [6.07, 6.45) is 2.41. The van der Waals surface area contributed by atoms with Crippen molar-refractivity contribution in [2.75, 3.05) is 18.8 Å². The zero-order valence-electron chi connectivity index (χ0n) is 14.7. The number of aromatic nitrogens is 2. The molecule has 2 aliphatic rings. The third-order valence-corrected chi connectivity index (χ3v) is 5.48. The topological polar surface area (TPSA) is 116 Å². The van der Waals surface area contributed by atoms with Gasteiger partial charge in [0.1, 0.15) is 21.6 Å². The van der Waals surface area contributed by atoms with Gasteiger partial charge in [-0.25, -0.2) is 9.48 Å². The van der Waals surface area contributed by atoms with E-state index < -0.39 is 11.5 Å². The summed E-state index contributed by atoms with van der Waals surface area (Å²) in [5.74, 6) is -0.303. The number of nitrogen functional groups attached to an aromatic ring is 1. The average molecular weight is 414 g/mol. The molecule has 1 spiro atoms.